The maximum Gasteiger partial charge on any atom is 0.435 e. The molecule has 1 heterocycles. The Labute approximate surface area is 101 Å². The SMILES string of the molecule is CC(C)(C)OC(=O)n1cc(CCCCl)cn1. The molecule has 0 N–H and O–H groups in total. The normalized spacial score (nSPS) is 11.5. The minimum Gasteiger partial charge on any atom is -0.442 e. The van der Waals surface area contributed by atoms with E-state index in [9.17, 15) is 4.79 Å². The Hall–Kier alpha value is -1.03. The zero-order valence-corrected chi connectivity index (χ0v) is 10.6. The molecule has 0 atom stereocenters. The molecule has 4 nitrogen and oxygen atoms in total. The van der Waals surface area contributed by atoms with E-state index in [4.69, 9.17) is 16.3 Å². The molecular formula is C11H17ClN2O2. The van der Waals surface area contributed by atoms with Crippen molar-refractivity contribution in [3.63, 3.8) is 0 Å². The highest BCUT2D eigenvalue weighted by Gasteiger charge is 2.18. The van der Waals surface area contributed by atoms with Crippen LogP contribution in [0.4, 0.5) is 4.79 Å². The fourth-order valence-electron chi connectivity index (χ4n) is 1.17. The molecule has 0 spiro atoms. The topological polar surface area (TPSA) is 44.1 Å². The fraction of sp³-hybridized carbons (Fsp3) is 0.636. The predicted molar refractivity (Wildman–Crippen MR) is 62.9 cm³/mol. The van der Waals surface area contributed by atoms with Crippen LogP contribution in [0, 0.1) is 0 Å². The molecule has 0 amide bonds. The van der Waals surface area contributed by atoms with Crippen molar-refractivity contribution in [3.8, 4) is 0 Å². The van der Waals surface area contributed by atoms with E-state index in [-0.39, 0.29) is 0 Å². The number of carbonyl (C=O) groups excluding carboxylic acids is 1. The van der Waals surface area contributed by atoms with Gasteiger partial charge in [-0.3, -0.25) is 0 Å². The Kier molecular flexibility index (Phi) is 4.35. The number of rotatable bonds is 3. The van der Waals surface area contributed by atoms with E-state index in [1.165, 1.54) is 4.68 Å². The Balaban J connectivity index is 2.60. The Bertz CT molecular complexity index is 355. The zero-order chi connectivity index (χ0) is 12.2. The van der Waals surface area contributed by atoms with Crippen molar-refractivity contribution in [1.29, 1.82) is 0 Å². The van der Waals surface area contributed by atoms with E-state index in [2.05, 4.69) is 5.10 Å². The number of carbonyl (C=O) groups is 1. The highest BCUT2D eigenvalue weighted by molar-refractivity contribution is 6.17. The van der Waals surface area contributed by atoms with Gasteiger partial charge in [0.1, 0.15) is 5.60 Å². The quantitative estimate of drug-likeness (QED) is 0.768. The number of ether oxygens (including phenoxy) is 1. The number of nitrogens with zero attached hydrogens (tertiary/aromatic N) is 2. The van der Waals surface area contributed by atoms with Crippen LogP contribution in [0.2, 0.25) is 0 Å². The van der Waals surface area contributed by atoms with Crippen molar-refractivity contribution in [3.05, 3.63) is 18.0 Å². The highest BCUT2D eigenvalue weighted by atomic mass is 35.5. The Morgan fingerprint density at radius 1 is 1.56 bits per heavy atom. The maximum absolute atomic E-state index is 11.6. The first kappa shape index (κ1) is 13.0. The lowest BCUT2D eigenvalue weighted by Crippen LogP contribution is -2.27. The summed E-state index contributed by atoms with van der Waals surface area (Å²) in [6.45, 7) is 5.47. The average molecular weight is 245 g/mol. The number of hydrogen-bond acceptors (Lipinski definition) is 3. The second kappa shape index (κ2) is 5.34. The first-order chi connectivity index (χ1) is 7.42. The van der Waals surface area contributed by atoms with Gasteiger partial charge in [0.2, 0.25) is 0 Å². The summed E-state index contributed by atoms with van der Waals surface area (Å²) in [5.74, 6) is 0.609. The van der Waals surface area contributed by atoms with Gasteiger partial charge in [-0.2, -0.15) is 9.78 Å². The summed E-state index contributed by atoms with van der Waals surface area (Å²) in [6.07, 6.45) is 4.59. The van der Waals surface area contributed by atoms with Crippen molar-refractivity contribution >= 4 is 17.7 Å². The first-order valence-electron chi connectivity index (χ1n) is 5.25. The summed E-state index contributed by atoms with van der Waals surface area (Å²) in [5.41, 5.74) is 0.491. The maximum atomic E-state index is 11.6. The molecule has 1 aromatic heterocycles. The van der Waals surface area contributed by atoms with Crippen LogP contribution in [0.15, 0.2) is 12.4 Å². The summed E-state index contributed by atoms with van der Waals surface area (Å²) >= 11 is 5.59. The molecule has 0 saturated carbocycles. The number of aromatic nitrogens is 2. The molecule has 16 heavy (non-hydrogen) atoms. The van der Waals surface area contributed by atoms with Gasteiger partial charge in [0.15, 0.2) is 0 Å². The second-order valence-corrected chi connectivity index (χ2v) is 4.94. The van der Waals surface area contributed by atoms with Crippen molar-refractivity contribution in [1.82, 2.24) is 9.78 Å². The van der Waals surface area contributed by atoms with E-state index >= 15 is 0 Å². The molecule has 0 unspecified atom stereocenters. The molecule has 0 radical (unpaired) electrons. The van der Waals surface area contributed by atoms with Crippen LogP contribution in [-0.2, 0) is 11.2 Å². The number of halogens is 1. The van der Waals surface area contributed by atoms with Gasteiger partial charge in [0, 0.05) is 12.1 Å². The monoisotopic (exact) mass is 244 g/mol. The van der Waals surface area contributed by atoms with Gasteiger partial charge in [-0.15, -0.1) is 11.6 Å². The van der Waals surface area contributed by atoms with Gasteiger partial charge in [-0.1, -0.05) is 0 Å². The smallest absolute Gasteiger partial charge is 0.435 e. The van der Waals surface area contributed by atoms with Crippen LogP contribution in [0.25, 0.3) is 0 Å². The Morgan fingerprint density at radius 3 is 2.81 bits per heavy atom. The molecule has 1 rings (SSSR count). The molecule has 90 valence electrons. The minimum absolute atomic E-state index is 0.454. The van der Waals surface area contributed by atoms with Crippen molar-refractivity contribution < 1.29 is 9.53 Å². The molecule has 0 fully saturated rings. The van der Waals surface area contributed by atoms with E-state index in [0.29, 0.717) is 5.88 Å². The van der Waals surface area contributed by atoms with Crippen molar-refractivity contribution in [2.24, 2.45) is 0 Å². The van der Waals surface area contributed by atoms with E-state index in [0.717, 1.165) is 18.4 Å². The van der Waals surface area contributed by atoms with Gasteiger partial charge >= 0.3 is 6.09 Å². The number of hydrogen-bond donors (Lipinski definition) is 0. The first-order valence-corrected chi connectivity index (χ1v) is 5.79. The summed E-state index contributed by atoms with van der Waals surface area (Å²) in [4.78, 5) is 11.6. The zero-order valence-electron chi connectivity index (χ0n) is 9.86. The third-order valence-electron chi connectivity index (χ3n) is 1.82. The van der Waals surface area contributed by atoms with Gasteiger partial charge < -0.3 is 4.74 Å². The van der Waals surface area contributed by atoms with Crippen LogP contribution in [0.1, 0.15) is 32.8 Å². The van der Waals surface area contributed by atoms with Crippen molar-refractivity contribution in [2.75, 3.05) is 5.88 Å². The van der Waals surface area contributed by atoms with Crippen molar-refractivity contribution in [2.45, 2.75) is 39.2 Å². The van der Waals surface area contributed by atoms with Crippen LogP contribution in [0.5, 0.6) is 0 Å². The van der Waals surface area contributed by atoms with Crippen LogP contribution >= 0.6 is 11.6 Å². The largest absolute Gasteiger partial charge is 0.442 e. The van der Waals surface area contributed by atoms with Gasteiger partial charge in [-0.05, 0) is 39.2 Å². The predicted octanol–water partition coefficient (Wildman–Crippen LogP) is 2.84. The molecule has 5 heteroatoms. The summed E-state index contributed by atoms with van der Waals surface area (Å²) < 4.78 is 6.39. The Morgan fingerprint density at radius 2 is 2.25 bits per heavy atom. The summed E-state index contributed by atoms with van der Waals surface area (Å²) in [6, 6.07) is 0. The molecule has 0 aliphatic rings. The molecule has 0 aromatic carbocycles. The number of aryl methyl sites for hydroxylation is 1. The summed E-state index contributed by atoms with van der Waals surface area (Å²) in [5, 5.41) is 3.95. The average Bonchev–Trinajstić information content (AvgIpc) is 2.60. The van der Waals surface area contributed by atoms with E-state index < -0.39 is 11.7 Å². The second-order valence-electron chi connectivity index (χ2n) is 4.57. The molecule has 0 aliphatic carbocycles. The van der Waals surface area contributed by atoms with E-state index in [1.54, 1.807) is 12.4 Å². The van der Waals surface area contributed by atoms with E-state index in [1.807, 2.05) is 20.8 Å². The lowest BCUT2D eigenvalue weighted by atomic mass is 10.2. The fourth-order valence-corrected chi connectivity index (χ4v) is 1.30. The highest BCUT2D eigenvalue weighted by Crippen LogP contribution is 2.09. The lowest BCUT2D eigenvalue weighted by molar-refractivity contribution is 0.0514. The van der Waals surface area contributed by atoms with Crippen LogP contribution < -0.4 is 0 Å². The minimum atomic E-state index is -0.501. The third kappa shape index (κ3) is 4.23. The standard InChI is InChI=1S/C11H17ClN2O2/c1-11(2,3)16-10(15)14-8-9(7-13-14)5-4-6-12/h7-8H,4-6H2,1-3H3. The molecule has 1 aromatic rings. The van der Waals surface area contributed by atoms with Crippen LogP contribution in [0.3, 0.4) is 0 Å². The lowest BCUT2D eigenvalue weighted by Gasteiger charge is -2.18. The van der Waals surface area contributed by atoms with Gasteiger partial charge in [0.25, 0.3) is 0 Å². The van der Waals surface area contributed by atoms with Gasteiger partial charge in [0.05, 0.1) is 6.20 Å². The molecule has 0 bridgehead atoms. The third-order valence-corrected chi connectivity index (χ3v) is 2.08. The number of alkyl halides is 1. The molecule has 0 saturated heterocycles. The molecular weight excluding hydrogens is 228 g/mol. The van der Waals surface area contributed by atoms with Crippen LogP contribution in [-0.4, -0.2) is 27.4 Å². The van der Waals surface area contributed by atoms with Gasteiger partial charge in [-0.25, -0.2) is 4.79 Å². The summed E-state index contributed by atoms with van der Waals surface area (Å²) in [7, 11) is 0. The molecule has 0 aliphatic heterocycles.